The van der Waals surface area contributed by atoms with Gasteiger partial charge in [-0.2, -0.15) is 0 Å². The largest absolute Gasteiger partial charge is 0.384 e. The maximum atomic E-state index is 12.4. The van der Waals surface area contributed by atoms with E-state index in [1.165, 1.54) is 5.69 Å². The Labute approximate surface area is 195 Å². The smallest absolute Gasteiger partial charge is 0.225 e. The third kappa shape index (κ3) is 4.98. The number of pyridine rings is 1. The normalized spacial score (nSPS) is 16.6. The molecule has 1 aliphatic carbocycles. The molecule has 174 valence electrons. The highest BCUT2D eigenvalue weighted by Gasteiger charge is 2.34. The molecule has 0 atom stereocenters. The van der Waals surface area contributed by atoms with Crippen LogP contribution >= 0.6 is 0 Å². The van der Waals surface area contributed by atoms with Gasteiger partial charge in [-0.25, -0.2) is 4.98 Å². The number of carbonyl (C=O) groups is 1. The highest BCUT2D eigenvalue weighted by Crippen LogP contribution is 2.33. The van der Waals surface area contributed by atoms with E-state index in [1.807, 2.05) is 11.1 Å². The Bertz CT molecular complexity index is 1090. The van der Waals surface area contributed by atoms with Gasteiger partial charge in [-0.05, 0) is 42.7 Å². The standard InChI is InChI=1S/C26H34N6O/c1-18(2)27-11-12-28-21-7-5-19(6-8-21)23-17-22-24(9-10-29-25(22)30-23)31-13-15-32(16-14-31)26(33)20-3-4-20/h5-10,17-18,20,27-28H,3-4,11-16H2,1-2H3,(H,29,30). The number of nitrogens with zero attached hydrogens (tertiary/aromatic N) is 3. The van der Waals surface area contributed by atoms with Crippen molar-refractivity contribution in [3.8, 4) is 11.3 Å². The summed E-state index contributed by atoms with van der Waals surface area (Å²) in [6.45, 7) is 9.50. The minimum Gasteiger partial charge on any atom is -0.384 e. The van der Waals surface area contributed by atoms with Crippen molar-refractivity contribution in [2.45, 2.75) is 32.7 Å². The Hall–Kier alpha value is -3.06. The number of rotatable bonds is 8. The van der Waals surface area contributed by atoms with Crippen molar-refractivity contribution < 1.29 is 4.79 Å². The molecule has 1 amide bonds. The third-order valence-electron chi connectivity index (χ3n) is 6.57. The molecule has 1 aromatic carbocycles. The highest BCUT2D eigenvalue weighted by molar-refractivity contribution is 5.94. The average Bonchev–Trinajstić information content (AvgIpc) is 3.59. The van der Waals surface area contributed by atoms with E-state index in [9.17, 15) is 4.79 Å². The van der Waals surface area contributed by atoms with Crippen LogP contribution in [0.2, 0.25) is 0 Å². The van der Waals surface area contributed by atoms with Crippen LogP contribution in [0.5, 0.6) is 0 Å². The summed E-state index contributed by atoms with van der Waals surface area (Å²) < 4.78 is 0. The van der Waals surface area contributed by atoms with Gasteiger partial charge in [0.05, 0.1) is 0 Å². The molecule has 0 unspecified atom stereocenters. The van der Waals surface area contributed by atoms with E-state index < -0.39 is 0 Å². The van der Waals surface area contributed by atoms with Crippen LogP contribution in [0.1, 0.15) is 26.7 Å². The topological polar surface area (TPSA) is 76.3 Å². The summed E-state index contributed by atoms with van der Waals surface area (Å²) in [7, 11) is 0. The Morgan fingerprint density at radius 2 is 1.85 bits per heavy atom. The second-order valence-corrected chi connectivity index (χ2v) is 9.47. The van der Waals surface area contributed by atoms with Crippen LogP contribution in [0.15, 0.2) is 42.6 Å². The minimum absolute atomic E-state index is 0.301. The van der Waals surface area contributed by atoms with Crippen molar-refractivity contribution >= 4 is 28.3 Å². The second-order valence-electron chi connectivity index (χ2n) is 9.47. The van der Waals surface area contributed by atoms with Crippen LogP contribution in [0.25, 0.3) is 22.3 Å². The third-order valence-corrected chi connectivity index (χ3v) is 6.57. The quantitative estimate of drug-likeness (QED) is 0.460. The van der Waals surface area contributed by atoms with E-state index >= 15 is 0 Å². The zero-order valence-corrected chi connectivity index (χ0v) is 19.6. The molecule has 3 N–H and O–H groups in total. The van der Waals surface area contributed by atoms with Crippen LogP contribution in [-0.4, -0.2) is 66.1 Å². The van der Waals surface area contributed by atoms with Crippen molar-refractivity contribution in [3.63, 3.8) is 0 Å². The van der Waals surface area contributed by atoms with Crippen molar-refractivity contribution in [2.75, 3.05) is 49.5 Å². The minimum atomic E-state index is 0.301. The van der Waals surface area contributed by atoms with Crippen LogP contribution < -0.4 is 15.5 Å². The number of nitrogens with one attached hydrogen (secondary N) is 3. The molecule has 1 aliphatic heterocycles. The average molecular weight is 447 g/mol. The lowest BCUT2D eigenvalue weighted by molar-refractivity contribution is -0.132. The number of anilines is 2. The summed E-state index contributed by atoms with van der Waals surface area (Å²) in [6.07, 6.45) is 4.02. The monoisotopic (exact) mass is 446 g/mol. The molecule has 2 aromatic heterocycles. The lowest BCUT2D eigenvalue weighted by Gasteiger charge is -2.36. The van der Waals surface area contributed by atoms with Crippen LogP contribution in [0, 0.1) is 5.92 Å². The second kappa shape index (κ2) is 9.43. The maximum absolute atomic E-state index is 12.4. The van der Waals surface area contributed by atoms with E-state index in [0.717, 1.165) is 80.1 Å². The van der Waals surface area contributed by atoms with Gasteiger partial charge in [0.1, 0.15) is 5.65 Å². The van der Waals surface area contributed by atoms with Crippen LogP contribution in [0.3, 0.4) is 0 Å². The van der Waals surface area contributed by atoms with Gasteiger partial charge >= 0.3 is 0 Å². The summed E-state index contributed by atoms with van der Waals surface area (Å²) >= 11 is 0. The first-order chi connectivity index (χ1) is 16.1. The summed E-state index contributed by atoms with van der Waals surface area (Å²) in [5, 5.41) is 8.01. The Morgan fingerprint density at radius 1 is 1.09 bits per heavy atom. The number of aromatic nitrogens is 2. The molecule has 0 radical (unpaired) electrons. The number of amides is 1. The first kappa shape index (κ1) is 21.8. The molecular weight excluding hydrogens is 412 g/mol. The predicted molar refractivity (Wildman–Crippen MR) is 135 cm³/mol. The van der Waals surface area contributed by atoms with Crippen molar-refractivity contribution in [2.24, 2.45) is 5.92 Å². The first-order valence-electron chi connectivity index (χ1n) is 12.2. The zero-order chi connectivity index (χ0) is 22.8. The van der Waals surface area contributed by atoms with E-state index in [2.05, 4.69) is 75.7 Å². The predicted octanol–water partition coefficient (Wildman–Crippen LogP) is 3.70. The van der Waals surface area contributed by atoms with Crippen molar-refractivity contribution in [1.29, 1.82) is 0 Å². The molecular formula is C26H34N6O. The lowest BCUT2D eigenvalue weighted by atomic mass is 10.1. The summed E-state index contributed by atoms with van der Waals surface area (Å²) in [5.74, 6) is 0.655. The summed E-state index contributed by atoms with van der Waals surface area (Å²) in [6, 6.07) is 13.3. The fourth-order valence-corrected chi connectivity index (χ4v) is 4.54. The molecule has 3 aromatic rings. The van der Waals surface area contributed by atoms with Crippen LogP contribution in [0.4, 0.5) is 11.4 Å². The Kier molecular flexibility index (Phi) is 6.22. The van der Waals surface area contributed by atoms with E-state index in [4.69, 9.17) is 0 Å². The van der Waals surface area contributed by atoms with E-state index in [-0.39, 0.29) is 0 Å². The Balaban J connectivity index is 1.26. The molecule has 1 saturated heterocycles. The number of carbonyl (C=O) groups excluding carboxylic acids is 1. The molecule has 2 aliphatic rings. The van der Waals surface area contributed by atoms with Gasteiger partial charge in [0.25, 0.3) is 0 Å². The molecule has 7 nitrogen and oxygen atoms in total. The first-order valence-corrected chi connectivity index (χ1v) is 12.2. The fourth-order valence-electron chi connectivity index (χ4n) is 4.54. The van der Waals surface area contributed by atoms with Gasteiger partial charge in [-0.15, -0.1) is 0 Å². The van der Waals surface area contributed by atoms with Gasteiger partial charge in [-0.3, -0.25) is 4.79 Å². The molecule has 3 heterocycles. The number of fused-ring (bicyclic) bond motifs is 1. The summed E-state index contributed by atoms with van der Waals surface area (Å²) in [5.41, 5.74) is 5.43. The van der Waals surface area contributed by atoms with Crippen molar-refractivity contribution in [3.05, 3.63) is 42.6 Å². The molecule has 7 heteroatoms. The SMILES string of the molecule is CC(C)NCCNc1ccc(-c2cc3c(N4CCN(C(=O)C5CC5)CC4)ccnc3[nH]2)cc1. The number of hydrogen-bond acceptors (Lipinski definition) is 5. The molecule has 1 saturated carbocycles. The van der Waals surface area contributed by atoms with Crippen molar-refractivity contribution in [1.82, 2.24) is 20.2 Å². The molecule has 0 spiro atoms. The molecule has 5 rings (SSSR count). The number of benzene rings is 1. The Morgan fingerprint density at radius 3 is 2.55 bits per heavy atom. The number of hydrogen-bond donors (Lipinski definition) is 3. The van der Waals surface area contributed by atoms with Gasteiger partial charge in [-0.1, -0.05) is 26.0 Å². The highest BCUT2D eigenvalue weighted by atomic mass is 16.2. The molecule has 2 fully saturated rings. The van der Waals surface area contributed by atoms with Gasteiger partial charge in [0, 0.05) is 79.9 Å². The van der Waals surface area contributed by atoms with Crippen LogP contribution in [-0.2, 0) is 4.79 Å². The van der Waals surface area contributed by atoms with E-state index in [0.29, 0.717) is 17.9 Å². The van der Waals surface area contributed by atoms with Gasteiger partial charge in [0.2, 0.25) is 5.91 Å². The number of aromatic amines is 1. The zero-order valence-electron chi connectivity index (χ0n) is 19.6. The fraction of sp³-hybridized carbons (Fsp3) is 0.462. The van der Waals surface area contributed by atoms with E-state index in [1.54, 1.807) is 0 Å². The molecule has 0 bridgehead atoms. The van der Waals surface area contributed by atoms with Gasteiger partial charge < -0.3 is 25.4 Å². The lowest BCUT2D eigenvalue weighted by Crippen LogP contribution is -2.49. The molecule has 33 heavy (non-hydrogen) atoms. The van der Waals surface area contributed by atoms with Gasteiger partial charge in [0.15, 0.2) is 0 Å². The number of H-pyrrole nitrogens is 1. The summed E-state index contributed by atoms with van der Waals surface area (Å²) in [4.78, 5) is 24.9. The number of piperazine rings is 1. The maximum Gasteiger partial charge on any atom is 0.225 e.